The van der Waals surface area contributed by atoms with Crippen LogP contribution in [0, 0.1) is 6.07 Å². The molecule has 1 nitrogen and oxygen atoms in total. The molecular formula is C17H16N. The van der Waals surface area contributed by atoms with Gasteiger partial charge >= 0.3 is 0 Å². The van der Waals surface area contributed by atoms with Gasteiger partial charge in [-0.3, -0.25) is 0 Å². The minimum absolute atomic E-state index is 1.06. The Kier molecular flexibility index (Phi) is 2.89. The second-order valence-corrected chi connectivity index (χ2v) is 4.51. The highest BCUT2D eigenvalue weighted by Gasteiger charge is 2.09. The fraction of sp³-hybridized carbons (Fsp3) is 0.176. The Morgan fingerprint density at radius 1 is 0.944 bits per heavy atom. The topological polar surface area (TPSA) is 4.93 Å². The summed E-state index contributed by atoms with van der Waals surface area (Å²) in [5.74, 6) is 0. The first-order chi connectivity index (χ1) is 8.90. The van der Waals surface area contributed by atoms with Crippen molar-refractivity contribution in [2.75, 3.05) is 0 Å². The maximum absolute atomic E-state index is 3.53. The predicted molar refractivity (Wildman–Crippen MR) is 76.1 cm³/mol. The first kappa shape index (κ1) is 11.1. The number of para-hydroxylation sites is 2. The molecule has 0 saturated carbocycles. The van der Waals surface area contributed by atoms with Crippen LogP contribution in [-0.2, 0) is 6.42 Å². The summed E-state index contributed by atoms with van der Waals surface area (Å²) in [6.45, 7) is 2.21. The third-order valence-electron chi connectivity index (χ3n) is 3.20. The average Bonchev–Trinajstić information content (AvgIpc) is 2.78. The van der Waals surface area contributed by atoms with Crippen molar-refractivity contribution in [1.82, 2.24) is 4.57 Å². The predicted octanol–water partition coefficient (Wildman–Crippen LogP) is 4.38. The Morgan fingerprint density at radius 3 is 2.44 bits per heavy atom. The lowest BCUT2D eigenvalue weighted by atomic mass is 10.2. The lowest BCUT2D eigenvalue weighted by Crippen LogP contribution is -1.99. The van der Waals surface area contributed by atoms with Gasteiger partial charge in [0.05, 0.1) is 5.52 Å². The quantitative estimate of drug-likeness (QED) is 0.633. The summed E-state index contributed by atoms with van der Waals surface area (Å²) in [7, 11) is 0. The summed E-state index contributed by atoms with van der Waals surface area (Å²) >= 11 is 0. The summed E-state index contributed by atoms with van der Waals surface area (Å²) in [5.41, 5.74) is 3.73. The zero-order valence-electron chi connectivity index (χ0n) is 10.6. The molecule has 0 unspecified atom stereocenters. The van der Waals surface area contributed by atoms with Crippen LogP contribution in [0.4, 0.5) is 0 Å². The van der Waals surface area contributed by atoms with Gasteiger partial charge in [0.2, 0.25) is 0 Å². The van der Waals surface area contributed by atoms with E-state index in [-0.39, 0.29) is 0 Å². The van der Waals surface area contributed by atoms with Crippen molar-refractivity contribution in [1.29, 1.82) is 0 Å². The molecule has 0 aliphatic carbocycles. The van der Waals surface area contributed by atoms with Gasteiger partial charge in [-0.05, 0) is 24.6 Å². The Labute approximate surface area is 108 Å². The van der Waals surface area contributed by atoms with E-state index in [1.54, 1.807) is 0 Å². The summed E-state index contributed by atoms with van der Waals surface area (Å²) in [4.78, 5) is 0. The number of hydrogen-bond donors (Lipinski definition) is 0. The van der Waals surface area contributed by atoms with Crippen LogP contribution in [0.2, 0.25) is 0 Å². The molecule has 0 aliphatic rings. The molecule has 1 heterocycles. The van der Waals surface area contributed by atoms with Crippen molar-refractivity contribution < 1.29 is 0 Å². The maximum atomic E-state index is 3.53. The number of aryl methyl sites for hydroxylation is 1. The van der Waals surface area contributed by atoms with Crippen LogP contribution in [0.15, 0.2) is 54.6 Å². The zero-order chi connectivity index (χ0) is 12.4. The van der Waals surface area contributed by atoms with Crippen molar-refractivity contribution in [3.05, 3.63) is 66.4 Å². The first-order valence-electron chi connectivity index (χ1n) is 6.47. The van der Waals surface area contributed by atoms with Gasteiger partial charge in [-0.15, -0.1) is 0 Å². The molecule has 89 valence electrons. The van der Waals surface area contributed by atoms with Crippen molar-refractivity contribution in [2.45, 2.75) is 19.8 Å². The van der Waals surface area contributed by atoms with E-state index in [0.29, 0.717) is 0 Å². The molecule has 3 rings (SSSR count). The van der Waals surface area contributed by atoms with E-state index >= 15 is 0 Å². The number of aromatic nitrogens is 1. The maximum Gasteiger partial charge on any atom is 0.0537 e. The van der Waals surface area contributed by atoms with Crippen LogP contribution in [0.5, 0.6) is 0 Å². The summed E-state index contributed by atoms with van der Waals surface area (Å²) in [6, 6.07) is 22.5. The smallest absolute Gasteiger partial charge is 0.0537 e. The molecular weight excluding hydrogens is 218 g/mol. The third-order valence-corrected chi connectivity index (χ3v) is 3.20. The first-order valence-corrected chi connectivity index (χ1v) is 6.47. The van der Waals surface area contributed by atoms with Gasteiger partial charge < -0.3 is 4.57 Å². The van der Waals surface area contributed by atoms with Gasteiger partial charge in [-0.25, -0.2) is 0 Å². The molecule has 1 aromatic heterocycles. The van der Waals surface area contributed by atoms with Gasteiger partial charge in [0.15, 0.2) is 0 Å². The fourth-order valence-electron chi connectivity index (χ4n) is 2.41. The molecule has 0 aliphatic heterocycles. The summed E-state index contributed by atoms with van der Waals surface area (Å²) in [5, 5.41) is 1.20. The number of fused-ring (bicyclic) bond motifs is 1. The van der Waals surface area contributed by atoms with Crippen LogP contribution in [0.1, 0.15) is 19.0 Å². The highest BCUT2D eigenvalue weighted by atomic mass is 15.0. The standard InChI is InChI=1S/C17H16N/c1-2-8-16-13-14-9-6-7-12-17(14)18(16)15-10-4-3-5-11-15/h3-7,9-12H,2,8H2,1H3. The van der Waals surface area contributed by atoms with Gasteiger partial charge in [0, 0.05) is 22.8 Å². The van der Waals surface area contributed by atoms with Crippen LogP contribution < -0.4 is 0 Å². The van der Waals surface area contributed by atoms with E-state index < -0.39 is 0 Å². The van der Waals surface area contributed by atoms with Crippen molar-refractivity contribution in [3.8, 4) is 5.69 Å². The minimum Gasteiger partial charge on any atom is -0.313 e. The molecule has 3 aromatic rings. The molecule has 0 amide bonds. The fourth-order valence-corrected chi connectivity index (χ4v) is 2.41. The number of benzene rings is 2. The molecule has 18 heavy (non-hydrogen) atoms. The van der Waals surface area contributed by atoms with Crippen LogP contribution in [0.25, 0.3) is 16.6 Å². The van der Waals surface area contributed by atoms with Crippen LogP contribution in [-0.4, -0.2) is 4.57 Å². The number of hydrogen-bond acceptors (Lipinski definition) is 0. The minimum atomic E-state index is 1.06. The Morgan fingerprint density at radius 2 is 1.67 bits per heavy atom. The van der Waals surface area contributed by atoms with E-state index in [4.69, 9.17) is 0 Å². The molecule has 2 aromatic carbocycles. The molecule has 0 fully saturated rings. The monoisotopic (exact) mass is 234 g/mol. The van der Waals surface area contributed by atoms with E-state index in [0.717, 1.165) is 12.8 Å². The van der Waals surface area contributed by atoms with E-state index in [1.807, 2.05) is 0 Å². The second kappa shape index (κ2) is 4.69. The second-order valence-electron chi connectivity index (χ2n) is 4.51. The van der Waals surface area contributed by atoms with Gasteiger partial charge in [-0.2, -0.15) is 0 Å². The normalized spacial score (nSPS) is 10.9. The molecule has 0 atom stereocenters. The Hall–Kier alpha value is -2.02. The van der Waals surface area contributed by atoms with Gasteiger partial charge in [0.1, 0.15) is 0 Å². The van der Waals surface area contributed by atoms with Crippen molar-refractivity contribution in [3.63, 3.8) is 0 Å². The molecule has 0 spiro atoms. The third kappa shape index (κ3) is 1.82. The average molecular weight is 234 g/mol. The van der Waals surface area contributed by atoms with Gasteiger partial charge in [0.25, 0.3) is 0 Å². The largest absolute Gasteiger partial charge is 0.313 e. The molecule has 0 bridgehead atoms. The van der Waals surface area contributed by atoms with Crippen molar-refractivity contribution >= 4 is 10.9 Å². The summed E-state index contributed by atoms with van der Waals surface area (Å²) < 4.78 is 2.32. The summed E-state index contributed by atoms with van der Waals surface area (Å²) in [6.07, 6.45) is 2.20. The van der Waals surface area contributed by atoms with Crippen LogP contribution in [0.3, 0.4) is 0 Å². The SMILES string of the molecule is CCCc1[c]c2ccccc2n1-c1ccccc1. The van der Waals surface area contributed by atoms with E-state index in [9.17, 15) is 0 Å². The Bertz CT molecular complexity index is 650. The van der Waals surface area contributed by atoms with E-state index in [1.165, 1.54) is 22.3 Å². The molecule has 1 heteroatoms. The molecule has 0 saturated heterocycles. The van der Waals surface area contributed by atoms with Crippen molar-refractivity contribution in [2.24, 2.45) is 0 Å². The number of rotatable bonds is 3. The van der Waals surface area contributed by atoms with Crippen LogP contribution >= 0.6 is 0 Å². The lowest BCUT2D eigenvalue weighted by Gasteiger charge is -2.09. The Balaban J connectivity index is 2.28. The zero-order valence-corrected chi connectivity index (χ0v) is 10.6. The molecule has 1 radical (unpaired) electrons. The number of nitrogens with zero attached hydrogens (tertiary/aromatic N) is 1. The lowest BCUT2D eigenvalue weighted by molar-refractivity contribution is 0.852. The molecule has 0 N–H and O–H groups in total. The highest BCUT2D eigenvalue weighted by molar-refractivity contribution is 5.82. The highest BCUT2D eigenvalue weighted by Crippen LogP contribution is 2.24. The van der Waals surface area contributed by atoms with E-state index in [2.05, 4.69) is 72.2 Å². The van der Waals surface area contributed by atoms with Gasteiger partial charge in [-0.1, -0.05) is 49.7 Å².